The van der Waals surface area contributed by atoms with E-state index in [-0.39, 0.29) is 49.1 Å². The van der Waals surface area contributed by atoms with Crippen LogP contribution >= 0.6 is 0 Å². The Morgan fingerprint density at radius 1 is 0.851 bits per heavy atom. The maximum Gasteiger partial charge on any atom is 0.490 e. The maximum absolute atomic E-state index is 13.7. The molecule has 3 amide bonds. The highest BCUT2D eigenvalue weighted by molar-refractivity contribution is 5.85. The van der Waals surface area contributed by atoms with Crippen molar-refractivity contribution in [3.8, 4) is 0 Å². The fraction of sp³-hybridized carbons (Fsp3) is 0.426. The van der Waals surface area contributed by atoms with Crippen LogP contribution in [-0.4, -0.2) is 127 Å². The van der Waals surface area contributed by atoms with Gasteiger partial charge in [0.05, 0.1) is 24.3 Å². The van der Waals surface area contributed by atoms with Crippen LogP contribution in [0, 0.1) is 5.92 Å². The number of carbonyl (C=O) groups excluding carboxylic acids is 3. The predicted octanol–water partition coefficient (Wildman–Crippen LogP) is 5.01. The van der Waals surface area contributed by atoms with Crippen molar-refractivity contribution in [1.82, 2.24) is 35.1 Å². The number of nitrogens with zero attached hydrogens (tertiary/aromatic N) is 6. The van der Waals surface area contributed by atoms with Gasteiger partial charge in [-0.15, -0.1) is 0 Å². The summed E-state index contributed by atoms with van der Waals surface area (Å²) in [6.45, 7) is 4.31. The van der Waals surface area contributed by atoms with Gasteiger partial charge in [0, 0.05) is 51.1 Å². The third-order valence-corrected chi connectivity index (χ3v) is 12.3. The van der Waals surface area contributed by atoms with E-state index in [9.17, 15) is 37.8 Å². The van der Waals surface area contributed by atoms with Crippen molar-refractivity contribution >= 4 is 46.8 Å². The first-order valence-corrected chi connectivity index (χ1v) is 22.2. The lowest BCUT2D eigenvalue weighted by Gasteiger charge is -2.32. The zero-order valence-corrected chi connectivity index (χ0v) is 36.8. The van der Waals surface area contributed by atoms with Gasteiger partial charge in [-0.3, -0.25) is 9.59 Å². The third kappa shape index (κ3) is 12.0. The van der Waals surface area contributed by atoms with Gasteiger partial charge in [0.2, 0.25) is 17.8 Å². The monoisotopic (exact) mass is 929 g/mol. The number of carboxylic acids is 1. The Hall–Kier alpha value is -6.80. The van der Waals surface area contributed by atoms with E-state index in [2.05, 4.69) is 40.2 Å². The number of halogens is 3. The summed E-state index contributed by atoms with van der Waals surface area (Å²) < 4.78 is 39.1. The number of rotatable bonds is 13. The number of ether oxygens (including phenoxy) is 1. The largest absolute Gasteiger partial charge is 0.490 e. The number of aliphatic hydroxyl groups is 2. The van der Waals surface area contributed by atoms with Crippen molar-refractivity contribution in [2.45, 2.75) is 88.1 Å². The zero-order chi connectivity index (χ0) is 47.7. The van der Waals surface area contributed by atoms with Gasteiger partial charge in [-0.25, -0.2) is 14.6 Å². The average Bonchev–Trinajstić information content (AvgIpc) is 4.06. The number of hydrogen-bond acceptors (Lipinski definition) is 12. The van der Waals surface area contributed by atoms with Crippen LogP contribution in [0.5, 0.6) is 0 Å². The molecule has 2 aliphatic heterocycles. The van der Waals surface area contributed by atoms with Gasteiger partial charge in [-0.2, -0.15) is 23.1 Å². The SMILES string of the molecule is CCC(=O)N[C@H]1C[C@@H](n2cnc3c(NCC(c4ccccc4)c4ccccc4)nc(N4CC[C@@H](NC(=O)C5CCCN(C(=O)OCc6ccccc6)C5)C4)nc32)[C@H](O)[C@@H]1O.O=C(O)C(F)(F)F. The summed E-state index contributed by atoms with van der Waals surface area (Å²) in [4.78, 5) is 66.2. The zero-order valence-electron chi connectivity index (χ0n) is 36.8. The molecule has 6 atom stereocenters. The Morgan fingerprint density at radius 2 is 1.49 bits per heavy atom. The number of amides is 3. The molecule has 8 rings (SSSR count). The lowest BCUT2D eigenvalue weighted by molar-refractivity contribution is -0.192. The molecule has 1 saturated carbocycles. The fourth-order valence-electron chi connectivity index (χ4n) is 8.69. The van der Waals surface area contributed by atoms with Gasteiger partial charge in [0.25, 0.3) is 0 Å². The molecule has 4 heterocycles. The number of likely N-dealkylation sites (tertiary alicyclic amines) is 1. The molecule has 0 bridgehead atoms. The normalized spacial score (nSPS) is 21.7. The Kier molecular flexibility index (Phi) is 15.6. The molecule has 0 spiro atoms. The van der Waals surface area contributed by atoms with Crippen molar-refractivity contribution in [3.05, 3.63) is 114 Å². The number of anilines is 2. The minimum atomic E-state index is -5.08. The van der Waals surface area contributed by atoms with E-state index in [0.717, 1.165) is 16.7 Å². The molecule has 5 aromatic rings. The smallest absolute Gasteiger partial charge is 0.475 e. The van der Waals surface area contributed by atoms with Crippen molar-refractivity contribution in [1.29, 1.82) is 0 Å². The first kappa shape index (κ1) is 48.1. The van der Waals surface area contributed by atoms with E-state index in [1.165, 1.54) is 0 Å². The van der Waals surface area contributed by atoms with Gasteiger partial charge < -0.3 is 50.4 Å². The molecule has 1 aliphatic carbocycles. The van der Waals surface area contributed by atoms with Crippen LogP contribution in [0.4, 0.5) is 29.7 Å². The highest BCUT2D eigenvalue weighted by Gasteiger charge is 2.44. The number of hydrogen-bond donors (Lipinski definition) is 6. The number of nitrogens with one attached hydrogen (secondary N) is 3. The lowest BCUT2D eigenvalue weighted by Crippen LogP contribution is -2.48. The molecule has 1 unspecified atom stereocenters. The number of aromatic nitrogens is 4. The Morgan fingerprint density at radius 3 is 2.12 bits per heavy atom. The van der Waals surface area contributed by atoms with Crippen molar-refractivity contribution in [2.24, 2.45) is 5.92 Å². The predicted molar refractivity (Wildman–Crippen MR) is 240 cm³/mol. The topological polar surface area (TPSA) is 224 Å². The van der Waals surface area contributed by atoms with Crippen LogP contribution in [0.3, 0.4) is 0 Å². The summed E-state index contributed by atoms with van der Waals surface area (Å²) in [5.41, 5.74) is 4.17. The Bertz CT molecular complexity index is 2430. The van der Waals surface area contributed by atoms with Crippen LogP contribution in [0.2, 0.25) is 0 Å². The van der Waals surface area contributed by atoms with Gasteiger partial charge in [-0.05, 0) is 42.4 Å². The second-order valence-corrected chi connectivity index (χ2v) is 16.8. The van der Waals surface area contributed by atoms with Crippen LogP contribution in [0.25, 0.3) is 11.2 Å². The number of fused-ring (bicyclic) bond motifs is 1. The molecule has 2 aromatic heterocycles. The molecule has 3 aliphatic rings. The number of aliphatic carboxylic acids is 1. The first-order valence-electron chi connectivity index (χ1n) is 22.2. The number of aliphatic hydroxyl groups excluding tert-OH is 2. The van der Waals surface area contributed by atoms with Gasteiger partial charge in [0.15, 0.2) is 17.0 Å². The highest BCUT2D eigenvalue weighted by Crippen LogP contribution is 2.36. The maximum atomic E-state index is 13.7. The van der Waals surface area contributed by atoms with E-state index >= 15 is 0 Å². The van der Waals surface area contributed by atoms with Crippen LogP contribution in [0.1, 0.15) is 67.7 Å². The molecule has 20 heteroatoms. The number of carbonyl (C=O) groups is 4. The number of carboxylic acid groups (broad SMARTS) is 1. The van der Waals surface area contributed by atoms with Crippen LogP contribution in [-0.2, 0) is 25.7 Å². The third-order valence-electron chi connectivity index (χ3n) is 12.3. The van der Waals surface area contributed by atoms with Gasteiger partial charge in [0.1, 0.15) is 18.8 Å². The Balaban J connectivity index is 0.000000883. The minimum Gasteiger partial charge on any atom is -0.475 e. The summed E-state index contributed by atoms with van der Waals surface area (Å²) in [5.74, 6) is -2.46. The molecule has 6 N–H and O–H groups in total. The van der Waals surface area contributed by atoms with E-state index in [0.29, 0.717) is 74.9 Å². The lowest BCUT2D eigenvalue weighted by atomic mass is 9.91. The molecule has 2 saturated heterocycles. The molecular weight excluding hydrogens is 876 g/mol. The summed E-state index contributed by atoms with van der Waals surface area (Å²) in [6.07, 6.45) is -3.62. The van der Waals surface area contributed by atoms with E-state index in [4.69, 9.17) is 29.6 Å². The fourth-order valence-corrected chi connectivity index (χ4v) is 8.69. The van der Waals surface area contributed by atoms with Crippen molar-refractivity contribution < 1.29 is 52.4 Å². The number of alkyl halides is 3. The second-order valence-electron chi connectivity index (χ2n) is 16.8. The van der Waals surface area contributed by atoms with Crippen LogP contribution < -0.4 is 20.9 Å². The van der Waals surface area contributed by atoms with Crippen LogP contribution in [0.15, 0.2) is 97.3 Å². The first-order chi connectivity index (χ1) is 32.2. The number of benzene rings is 3. The van der Waals surface area contributed by atoms with E-state index in [1.807, 2.05) is 71.6 Å². The minimum absolute atomic E-state index is 0.00880. The molecular formula is C47H54F3N9O8. The number of piperidine rings is 1. The molecule has 3 aromatic carbocycles. The Labute approximate surface area is 384 Å². The summed E-state index contributed by atoms with van der Waals surface area (Å²) in [5, 5.41) is 39.1. The molecule has 67 heavy (non-hydrogen) atoms. The summed E-state index contributed by atoms with van der Waals surface area (Å²) in [7, 11) is 0. The number of imidazole rings is 1. The van der Waals surface area contributed by atoms with Gasteiger partial charge >= 0.3 is 18.2 Å². The second kappa shape index (κ2) is 21.7. The standard InChI is InChI=1S/C45H53N9O6.C2HF3O2/c1-2-37(55)49-35-23-36(40(57)39(35)56)54-28-47-38-41(46-24-34(30-15-8-4-9-16-30)31-17-10-5-11-18-31)50-44(51-42(38)54)52-22-20-33(26-52)48-43(58)32-19-12-21-53(25-32)45(59)60-27-29-13-6-3-7-14-29;3-2(4,5)1(6)7/h3-11,13-18,28,32-36,39-40,56-57H,2,12,19-27H2,1H3,(H,48,58)(H,49,55)(H,46,50,51);(H,6,7)/t32?,33-,35+,36-,39-,40+;/m1./s1. The molecule has 356 valence electrons. The van der Waals surface area contributed by atoms with Gasteiger partial charge in [-0.1, -0.05) is 97.9 Å². The highest BCUT2D eigenvalue weighted by atomic mass is 19.4. The quantitative estimate of drug-likeness (QED) is 0.0915. The van der Waals surface area contributed by atoms with Crippen molar-refractivity contribution in [2.75, 3.05) is 42.9 Å². The van der Waals surface area contributed by atoms with Crippen molar-refractivity contribution in [3.63, 3.8) is 0 Å². The average molecular weight is 930 g/mol. The molecule has 3 fully saturated rings. The van der Waals surface area contributed by atoms with E-state index < -0.39 is 42.5 Å². The summed E-state index contributed by atoms with van der Waals surface area (Å²) in [6, 6.07) is 28.6. The molecule has 0 radical (unpaired) electrons. The molecule has 17 nitrogen and oxygen atoms in total. The van der Waals surface area contributed by atoms with E-state index in [1.54, 1.807) is 22.7 Å². The summed E-state index contributed by atoms with van der Waals surface area (Å²) >= 11 is 0.